The molecule has 0 bridgehead atoms. The summed E-state index contributed by atoms with van der Waals surface area (Å²) in [5.41, 5.74) is 9.51. The molecular weight excluding hydrogens is 524 g/mol. The topological polar surface area (TPSA) is 160 Å². The average Bonchev–Trinajstić information content (AvgIpc) is 3.58. The molecule has 1 aromatic carbocycles. The number of nitrogens with zero attached hydrogens (tertiary/aromatic N) is 6. The van der Waals surface area contributed by atoms with Crippen LogP contribution in [-0.2, 0) is 21.3 Å². The number of aromatic hydroxyl groups is 1. The third-order valence-corrected chi connectivity index (χ3v) is 9.11. The summed E-state index contributed by atoms with van der Waals surface area (Å²) in [4.78, 5) is 23.2. The van der Waals surface area contributed by atoms with Gasteiger partial charge in [-0.1, -0.05) is 20.8 Å². The van der Waals surface area contributed by atoms with Crippen molar-refractivity contribution in [2.75, 3.05) is 12.3 Å². The minimum absolute atomic E-state index is 0.114. The largest absolute Gasteiger partial charge is 0.508 e. The van der Waals surface area contributed by atoms with Gasteiger partial charge in [-0.15, -0.1) is 0 Å². The summed E-state index contributed by atoms with van der Waals surface area (Å²) in [5.74, 6) is 2.18. The van der Waals surface area contributed by atoms with E-state index in [0.29, 0.717) is 41.2 Å². The molecule has 3 fully saturated rings. The Balaban J connectivity index is 0.964. The van der Waals surface area contributed by atoms with Gasteiger partial charge in [-0.25, -0.2) is 19.9 Å². The lowest BCUT2D eigenvalue weighted by atomic mass is 9.76. The van der Waals surface area contributed by atoms with E-state index in [0.717, 1.165) is 48.1 Å². The van der Waals surface area contributed by atoms with Gasteiger partial charge < -0.3 is 30.4 Å². The first-order valence-corrected chi connectivity index (χ1v) is 14.5. The number of aliphatic hydroxyl groups excluding tert-OH is 1. The van der Waals surface area contributed by atoms with E-state index in [4.69, 9.17) is 20.2 Å². The highest BCUT2D eigenvalue weighted by Crippen LogP contribution is 2.42. The molecule has 0 amide bonds. The second-order valence-electron chi connectivity index (χ2n) is 12.9. The number of fused-ring (bicyclic) bond motifs is 3. The van der Waals surface area contributed by atoms with Gasteiger partial charge in [0.15, 0.2) is 17.7 Å². The minimum atomic E-state index is -0.850. The third kappa shape index (κ3) is 4.53. The van der Waals surface area contributed by atoms with E-state index in [2.05, 4.69) is 52.5 Å². The minimum Gasteiger partial charge on any atom is -0.508 e. The van der Waals surface area contributed by atoms with Crippen LogP contribution in [0.25, 0.3) is 22.2 Å². The summed E-state index contributed by atoms with van der Waals surface area (Å²) in [6, 6.07) is 4.21. The fourth-order valence-corrected chi connectivity index (χ4v) is 6.79. The standard InChI is InChI=1S/C29H38N8O4/c1-14-36(11-21-25(40-14)24(39)28(41-21)37-13-33-23-26(30)31-12-32-27(23)37)16-7-15(8-16)5-6-22-34-18-9-17(29(2,3)4)20(38)10-19(18)35-22/h9-10,12-16,21,24-25,28,38-39H,5-8,11H2,1-4H3,(H,34,35)(H2,30,31,32)/t14?,15-,16-,21-,24-,25-,28-/m1/s1. The van der Waals surface area contributed by atoms with Crippen molar-refractivity contribution >= 4 is 28.0 Å². The molecule has 218 valence electrons. The second kappa shape index (κ2) is 9.62. The van der Waals surface area contributed by atoms with Crippen LogP contribution in [0, 0.1) is 5.92 Å². The lowest BCUT2D eigenvalue weighted by Gasteiger charge is -2.49. The Morgan fingerprint density at radius 1 is 1.15 bits per heavy atom. The van der Waals surface area contributed by atoms with Gasteiger partial charge in [0, 0.05) is 30.6 Å². The number of H-pyrrole nitrogens is 1. The molecule has 12 nitrogen and oxygen atoms in total. The number of aliphatic hydroxyl groups is 1. The number of hydrogen-bond donors (Lipinski definition) is 4. The summed E-state index contributed by atoms with van der Waals surface area (Å²) >= 11 is 0. The van der Waals surface area contributed by atoms with Crippen molar-refractivity contribution in [2.24, 2.45) is 5.92 Å². The molecule has 2 saturated heterocycles. The number of anilines is 1. The van der Waals surface area contributed by atoms with E-state index in [-0.39, 0.29) is 17.7 Å². The van der Waals surface area contributed by atoms with E-state index >= 15 is 0 Å². The van der Waals surface area contributed by atoms with Crippen molar-refractivity contribution < 1.29 is 19.7 Å². The van der Waals surface area contributed by atoms with Gasteiger partial charge in [-0.3, -0.25) is 9.47 Å². The fourth-order valence-electron chi connectivity index (χ4n) is 6.79. The number of imidazole rings is 2. The fraction of sp³-hybridized carbons (Fsp3) is 0.586. The lowest BCUT2D eigenvalue weighted by Crippen LogP contribution is -2.59. The van der Waals surface area contributed by atoms with Crippen LogP contribution in [0.1, 0.15) is 64.6 Å². The molecule has 3 aliphatic rings. The second-order valence-corrected chi connectivity index (χ2v) is 12.9. The van der Waals surface area contributed by atoms with Crippen molar-refractivity contribution in [3.63, 3.8) is 0 Å². The Hall–Kier alpha value is -3.32. The number of phenols is 1. The van der Waals surface area contributed by atoms with Crippen molar-refractivity contribution in [1.29, 1.82) is 0 Å². The van der Waals surface area contributed by atoms with Crippen LogP contribution in [0.15, 0.2) is 24.8 Å². The van der Waals surface area contributed by atoms with Crippen LogP contribution in [0.2, 0.25) is 0 Å². The molecule has 5 N–H and O–H groups in total. The van der Waals surface area contributed by atoms with Crippen molar-refractivity contribution in [1.82, 2.24) is 34.4 Å². The number of aryl methyl sites for hydroxylation is 1. The average molecular weight is 563 g/mol. The molecule has 1 unspecified atom stereocenters. The first-order chi connectivity index (χ1) is 19.6. The van der Waals surface area contributed by atoms with Gasteiger partial charge in [-0.05, 0) is 43.6 Å². The number of nitrogens with one attached hydrogen (secondary N) is 1. The zero-order valence-corrected chi connectivity index (χ0v) is 23.9. The van der Waals surface area contributed by atoms with Crippen LogP contribution < -0.4 is 5.73 Å². The first-order valence-electron chi connectivity index (χ1n) is 14.5. The van der Waals surface area contributed by atoms with Crippen LogP contribution >= 0.6 is 0 Å². The van der Waals surface area contributed by atoms with E-state index in [9.17, 15) is 10.2 Å². The summed E-state index contributed by atoms with van der Waals surface area (Å²) in [6.45, 7) is 9.03. The van der Waals surface area contributed by atoms with Crippen molar-refractivity contribution in [3.05, 3.63) is 36.2 Å². The van der Waals surface area contributed by atoms with Crippen molar-refractivity contribution in [2.45, 2.75) is 95.6 Å². The van der Waals surface area contributed by atoms with E-state index < -0.39 is 18.4 Å². The predicted molar refractivity (Wildman–Crippen MR) is 152 cm³/mol. The van der Waals surface area contributed by atoms with Gasteiger partial charge in [0.1, 0.15) is 48.0 Å². The highest BCUT2D eigenvalue weighted by atomic mass is 16.6. The Labute approximate surface area is 237 Å². The van der Waals surface area contributed by atoms with Crippen LogP contribution in [-0.4, -0.2) is 81.7 Å². The zero-order chi connectivity index (χ0) is 28.6. The van der Waals surface area contributed by atoms with E-state index in [1.54, 1.807) is 17.0 Å². The predicted octanol–water partition coefficient (Wildman–Crippen LogP) is 3.00. The number of ether oxygens (including phenoxy) is 2. The Morgan fingerprint density at radius 3 is 2.73 bits per heavy atom. The lowest BCUT2D eigenvalue weighted by molar-refractivity contribution is -0.199. The van der Waals surface area contributed by atoms with Gasteiger partial charge in [0.25, 0.3) is 0 Å². The molecule has 0 spiro atoms. The van der Waals surface area contributed by atoms with E-state index in [1.165, 1.54) is 6.33 Å². The Morgan fingerprint density at radius 2 is 1.95 bits per heavy atom. The van der Waals surface area contributed by atoms with Gasteiger partial charge >= 0.3 is 0 Å². The van der Waals surface area contributed by atoms with Gasteiger partial charge in [0.2, 0.25) is 0 Å². The number of hydrogen-bond acceptors (Lipinski definition) is 10. The molecule has 5 heterocycles. The highest BCUT2D eigenvalue weighted by Gasteiger charge is 2.52. The normalized spacial score (nSPS) is 30.6. The summed E-state index contributed by atoms with van der Waals surface area (Å²) < 4.78 is 14.4. The number of benzene rings is 1. The summed E-state index contributed by atoms with van der Waals surface area (Å²) in [6.07, 6.45) is 4.79. The molecular formula is C29H38N8O4. The van der Waals surface area contributed by atoms with E-state index in [1.807, 2.05) is 6.07 Å². The molecule has 1 saturated carbocycles. The molecule has 0 radical (unpaired) electrons. The zero-order valence-electron chi connectivity index (χ0n) is 23.9. The molecule has 5 atom stereocenters. The SMILES string of the molecule is CC1O[C@H]2[C@@H](O)[C@H](n3cnc4c(N)ncnc43)O[C@@H]2CN1[C@H]1C[C@H](CCc2nc3cc(C(C)(C)C)c(O)cc3[nH]2)C1. The Kier molecular flexibility index (Phi) is 6.23. The quantitative estimate of drug-likeness (QED) is 0.285. The highest BCUT2D eigenvalue weighted by molar-refractivity contribution is 5.81. The van der Waals surface area contributed by atoms with Crippen LogP contribution in [0.5, 0.6) is 5.75 Å². The number of aromatic nitrogens is 6. The summed E-state index contributed by atoms with van der Waals surface area (Å²) in [7, 11) is 0. The molecule has 3 aromatic heterocycles. The van der Waals surface area contributed by atoms with Gasteiger partial charge in [0.05, 0.1) is 17.4 Å². The molecule has 2 aliphatic heterocycles. The molecule has 1 aliphatic carbocycles. The molecule has 4 aromatic rings. The number of nitrogen functional groups attached to an aromatic ring is 1. The summed E-state index contributed by atoms with van der Waals surface area (Å²) in [5, 5.41) is 21.6. The maximum atomic E-state index is 11.1. The maximum Gasteiger partial charge on any atom is 0.167 e. The molecule has 12 heteroatoms. The third-order valence-electron chi connectivity index (χ3n) is 9.11. The van der Waals surface area contributed by atoms with Crippen LogP contribution in [0.3, 0.4) is 0 Å². The number of nitrogens with two attached hydrogens (primary N) is 1. The van der Waals surface area contributed by atoms with Crippen LogP contribution in [0.4, 0.5) is 5.82 Å². The monoisotopic (exact) mass is 562 g/mol. The molecule has 41 heavy (non-hydrogen) atoms. The number of rotatable bonds is 5. The van der Waals surface area contributed by atoms with Crippen molar-refractivity contribution in [3.8, 4) is 5.75 Å². The Bertz CT molecular complexity index is 1590. The van der Waals surface area contributed by atoms with Gasteiger partial charge in [-0.2, -0.15) is 0 Å². The molecule has 7 rings (SSSR count). The smallest absolute Gasteiger partial charge is 0.167 e. The maximum absolute atomic E-state index is 11.1. The number of aromatic amines is 1. The first kappa shape index (κ1) is 26.6. The number of phenolic OH excluding ortho intramolecular Hbond substituents is 1.